The maximum atomic E-state index is 5.59. The Labute approximate surface area is 94.6 Å². The number of ether oxygens (including phenoxy) is 1. The topological polar surface area (TPSA) is 42.8 Å². The summed E-state index contributed by atoms with van der Waals surface area (Å²) in [5.74, 6) is 1.02. The van der Waals surface area contributed by atoms with Crippen molar-refractivity contribution in [1.29, 1.82) is 0 Å². The first-order valence-electron chi connectivity index (χ1n) is 5.40. The molecule has 1 N–H and O–H groups in total. The lowest BCUT2D eigenvalue weighted by molar-refractivity contribution is -0.0726. The molecule has 1 aromatic rings. The Morgan fingerprint density at radius 2 is 2.33 bits per heavy atom. The molecule has 0 atom stereocenters. The lowest BCUT2D eigenvalue weighted by Gasteiger charge is -2.40. The number of nitrogens with one attached hydrogen (secondary N) is 1. The average molecular weight is 227 g/mol. The summed E-state index contributed by atoms with van der Waals surface area (Å²) in [6, 6.07) is 0. The lowest BCUT2D eigenvalue weighted by atomic mass is 9.77. The maximum absolute atomic E-state index is 5.59. The van der Waals surface area contributed by atoms with E-state index in [4.69, 9.17) is 17.0 Å². The van der Waals surface area contributed by atoms with Crippen LogP contribution in [-0.4, -0.2) is 27.5 Å². The molecule has 0 bridgehead atoms. The molecule has 15 heavy (non-hydrogen) atoms. The van der Waals surface area contributed by atoms with Crippen molar-refractivity contribution >= 4 is 12.2 Å². The van der Waals surface area contributed by atoms with Crippen LogP contribution in [0.25, 0.3) is 0 Å². The monoisotopic (exact) mass is 227 g/mol. The molecule has 1 fully saturated rings. The van der Waals surface area contributed by atoms with Gasteiger partial charge in [-0.15, -0.1) is 0 Å². The van der Waals surface area contributed by atoms with Gasteiger partial charge in [0.2, 0.25) is 0 Å². The van der Waals surface area contributed by atoms with Crippen LogP contribution in [0.5, 0.6) is 0 Å². The van der Waals surface area contributed by atoms with Crippen LogP contribution in [0.2, 0.25) is 0 Å². The molecular formula is C10H17N3OS. The van der Waals surface area contributed by atoms with Crippen LogP contribution in [0, 0.1) is 4.77 Å². The number of rotatable bonds is 4. The van der Waals surface area contributed by atoms with Crippen molar-refractivity contribution in [2.75, 3.05) is 7.11 Å². The molecule has 0 radical (unpaired) electrons. The highest BCUT2D eigenvalue weighted by Crippen LogP contribution is 2.37. The SMILES string of the molecule is CCn1c(CC2(OC)CCC2)n[nH]c1=S. The van der Waals surface area contributed by atoms with Crippen LogP contribution in [0.4, 0.5) is 0 Å². The van der Waals surface area contributed by atoms with Gasteiger partial charge < -0.3 is 9.30 Å². The molecule has 0 aromatic carbocycles. The molecule has 0 amide bonds. The second-order valence-electron chi connectivity index (χ2n) is 4.11. The van der Waals surface area contributed by atoms with Gasteiger partial charge in [0.15, 0.2) is 4.77 Å². The Balaban J connectivity index is 2.19. The fourth-order valence-electron chi connectivity index (χ4n) is 2.12. The van der Waals surface area contributed by atoms with Crippen molar-refractivity contribution < 1.29 is 4.74 Å². The predicted octanol–water partition coefficient (Wildman–Crippen LogP) is 2.07. The van der Waals surface area contributed by atoms with E-state index in [9.17, 15) is 0 Å². The minimum absolute atomic E-state index is 0.0217. The number of H-pyrrole nitrogens is 1. The summed E-state index contributed by atoms with van der Waals surface area (Å²) in [4.78, 5) is 0. The van der Waals surface area contributed by atoms with Gasteiger partial charge in [0.1, 0.15) is 5.82 Å². The molecule has 0 spiro atoms. The molecule has 0 unspecified atom stereocenters. The van der Waals surface area contributed by atoms with Crippen molar-refractivity contribution in [1.82, 2.24) is 14.8 Å². The van der Waals surface area contributed by atoms with E-state index in [1.54, 1.807) is 7.11 Å². The molecule has 2 rings (SSSR count). The zero-order valence-corrected chi connectivity index (χ0v) is 10.1. The van der Waals surface area contributed by atoms with Gasteiger partial charge in [-0.2, -0.15) is 5.10 Å². The zero-order valence-electron chi connectivity index (χ0n) is 9.25. The summed E-state index contributed by atoms with van der Waals surface area (Å²) >= 11 is 5.16. The van der Waals surface area contributed by atoms with Gasteiger partial charge in [-0.1, -0.05) is 0 Å². The second kappa shape index (κ2) is 4.06. The highest BCUT2D eigenvalue weighted by Gasteiger charge is 2.38. The molecular weight excluding hydrogens is 210 g/mol. The van der Waals surface area contributed by atoms with Gasteiger partial charge in [-0.25, -0.2) is 0 Å². The summed E-state index contributed by atoms with van der Waals surface area (Å²) < 4.78 is 8.33. The van der Waals surface area contributed by atoms with Crippen LogP contribution in [0.1, 0.15) is 32.0 Å². The van der Waals surface area contributed by atoms with Crippen molar-refractivity contribution in [3.63, 3.8) is 0 Å². The van der Waals surface area contributed by atoms with Gasteiger partial charge >= 0.3 is 0 Å². The standard InChI is InChI=1S/C10H17N3OS/c1-3-13-8(11-12-9(13)15)7-10(14-2)5-4-6-10/h3-7H2,1-2H3,(H,12,15). The normalized spacial score (nSPS) is 18.8. The first-order valence-corrected chi connectivity index (χ1v) is 5.81. The Morgan fingerprint density at radius 1 is 1.60 bits per heavy atom. The van der Waals surface area contributed by atoms with Crippen LogP contribution in [0.3, 0.4) is 0 Å². The van der Waals surface area contributed by atoms with Gasteiger partial charge in [0.05, 0.1) is 5.60 Å². The fraction of sp³-hybridized carbons (Fsp3) is 0.800. The molecule has 0 aliphatic heterocycles. The lowest BCUT2D eigenvalue weighted by Crippen LogP contribution is -2.42. The molecule has 1 saturated carbocycles. The van der Waals surface area contributed by atoms with E-state index in [0.717, 1.165) is 31.6 Å². The second-order valence-corrected chi connectivity index (χ2v) is 4.49. The van der Waals surface area contributed by atoms with Crippen molar-refractivity contribution in [3.8, 4) is 0 Å². The quantitative estimate of drug-likeness (QED) is 0.801. The molecule has 0 saturated heterocycles. The third-order valence-electron chi connectivity index (χ3n) is 3.33. The van der Waals surface area contributed by atoms with Gasteiger partial charge in [0, 0.05) is 20.1 Å². The molecule has 4 nitrogen and oxygen atoms in total. The summed E-state index contributed by atoms with van der Waals surface area (Å²) in [6.07, 6.45) is 4.38. The largest absolute Gasteiger partial charge is 0.378 e. The third kappa shape index (κ3) is 1.86. The average Bonchev–Trinajstić information content (AvgIpc) is 2.53. The van der Waals surface area contributed by atoms with Gasteiger partial charge in [-0.05, 0) is 38.4 Å². The van der Waals surface area contributed by atoms with Gasteiger partial charge in [-0.3, -0.25) is 5.10 Å². The minimum atomic E-state index is 0.0217. The highest BCUT2D eigenvalue weighted by molar-refractivity contribution is 7.71. The Kier molecular flexibility index (Phi) is 2.93. The summed E-state index contributed by atoms with van der Waals surface area (Å²) in [7, 11) is 1.79. The van der Waals surface area contributed by atoms with Crippen LogP contribution < -0.4 is 0 Å². The van der Waals surface area contributed by atoms with Crippen LogP contribution >= 0.6 is 12.2 Å². The highest BCUT2D eigenvalue weighted by atomic mass is 32.1. The molecule has 1 aromatic heterocycles. The number of hydrogen-bond acceptors (Lipinski definition) is 3. The van der Waals surface area contributed by atoms with Gasteiger partial charge in [0.25, 0.3) is 0 Å². The third-order valence-corrected chi connectivity index (χ3v) is 3.64. The van der Waals surface area contributed by atoms with Crippen molar-refractivity contribution in [2.45, 2.75) is 44.8 Å². The number of aromatic nitrogens is 3. The molecule has 1 aliphatic carbocycles. The minimum Gasteiger partial charge on any atom is -0.378 e. The molecule has 5 heteroatoms. The van der Waals surface area contributed by atoms with E-state index in [2.05, 4.69) is 17.1 Å². The Morgan fingerprint density at radius 3 is 2.80 bits per heavy atom. The number of hydrogen-bond donors (Lipinski definition) is 1. The van der Waals surface area contributed by atoms with Crippen molar-refractivity contribution in [2.24, 2.45) is 0 Å². The number of methoxy groups -OCH3 is 1. The van der Waals surface area contributed by atoms with E-state index in [-0.39, 0.29) is 5.60 Å². The number of aromatic amines is 1. The fourth-order valence-corrected chi connectivity index (χ4v) is 2.40. The van der Waals surface area contributed by atoms with Crippen molar-refractivity contribution in [3.05, 3.63) is 10.6 Å². The van der Waals surface area contributed by atoms with Crippen LogP contribution in [0.15, 0.2) is 0 Å². The van der Waals surface area contributed by atoms with Crippen LogP contribution in [-0.2, 0) is 17.7 Å². The molecule has 1 aliphatic rings. The summed E-state index contributed by atoms with van der Waals surface area (Å²) in [5.41, 5.74) is 0.0217. The Hall–Kier alpha value is -0.680. The summed E-state index contributed by atoms with van der Waals surface area (Å²) in [5, 5.41) is 7.11. The van der Waals surface area contributed by atoms with E-state index in [1.165, 1.54) is 6.42 Å². The predicted molar refractivity (Wildman–Crippen MR) is 60.4 cm³/mol. The first-order chi connectivity index (χ1) is 7.21. The zero-order chi connectivity index (χ0) is 10.9. The molecule has 84 valence electrons. The van der Waals surface area contributed by atoms with E-state index in [0.29, 0.717) is 4.77 Å². The number of nitrogens with zero attached hydrogens (tertiary/aromatic N) is 2. The van der Waals surface area contributed by atoms with E-state index >= 15 is 0 Å². The van der Waals surface area contributed by atoms with E-state index < -0.39 is 0 Å². The maximum Gasteiger partial charge on any atom is 0.195 e. The Bertz CT molecular complexity index is 386. The first kappa shape index (κ1) is 10.8. The molecule has 1 heterocycles. The van der Waals surface area contributed by atoms with E-state index in [1.807, 2.05) is 4.57 Å². The smallest absolute Gasteiger partial charge is 0.195 e. The summed E-state index contributed by atoms with van der Waals surface area (Å²) in [6.45, 7) is 2.94.